The van der Waals surface area contributed by atoms with Crippen molar-refractivity contribution in [3.8, 4) is 5.75 Å². The van der Waals surface area contributed by atoms with Gasteiger partial charge in [-0.05, 0) is 44.8 Å². The second-order valence-electron chi connectivity index (χ2n) is 7.09. The SMILES string of the molecule is CNC(CN1CCCC(C)(C)C1)c1cc(C)ccc1OC. The number of nitrogens with one attached hydrogen (secondary N) is 1. The molecule has 0 saturated carbocycles. The van der Waals surface area contributed by atoms with E-state index in [-0.39, 0.29) is 0 Å². The Morgan fingerprint density at radius 3 is 2.76 bits per heavy atom. The smallest absolute Gasteiger partial charge is 0.123 e. The van der Waals surface area contributed by atoms with Crippen LogP contribution < -0.4 is 10.1 Å². The van der Waals surface area contributed by atoms with Gasteiger partial charge in [0.05, 0.1) is 7.11 Å². The Labute approximate surface area is 129 Å². The first-order valence-corrected chi connectivity index (χ1v) is 7.99. The van der Waals surface area contributed by atoms with E-state index in [4.69, 9.17) is 4.74 Å². The molecule has 0 bridgehead atoms. The van der Waals surface area contributed by atoms with Crippen LogP contribution in [-0.2, 0) is 0 Å². The molecule has 1 aliphatic heterocycles. The number of benzene rings is 1. The van der Waals surface area contributed by atoms with Crippen molar-refractivity contribution in [3.05, 3.63) is 29.3 Å². The van der Waals surface area contributed by atoms with Crippen molar-refractivity contribution in [2.24, 2.45) is 5.41 Å². The summed E-state index contributed by atoms with van der Waals surface area (Å²) >= 11 is 0. The van der Waals surface area contributed by atoms with Crippen LogP contribution in [0.2, 0.25) is 0 Å². The molecule has 1 atom stereocenters. The Kier molecular flexibility index (Phi) is 5.28. The first-order valence-electron chi connectivity index (χ1n) is 7.99. The molecule has 0 spiro atoms. The van der Waals surface area contributed by atoms with Gasteiger partial charge in [-0.25, -0.2) is 0 Å². The average Bonchev–Trinajstić information content (AvgIpc) is 2.43. The zero-order chi connectivity index (χ0) is 15.5. The molecule has 0 radical (unpaired) electrons. The van der Waals surface area contributed by atoms with Crippen molar-refractivity contribution in [2.75, 3.05) is 33.8 Å². The Hall–Kier alpha value is -1.06. The maximum absolute atomic E-state index is 5.55. The molecule has 1 fully saturated rings. The van der Waals surface area contributed by atoms with Gasteiger partial charge in [-0.15, -0.1) is 0 Å². The van der Waals surface area contributed by atoms with Gasteiger partial charge < -0.3 is 15.0 Å². The van der Waals surface area contributed by atoms with Gasteiger partial charge in [0.15, 0.2) is 0 Å². The summed E-state index contributed by atoms with van der Waals surface area (Å²) in [4.78, 5) is 2.59. The Morgan fingerprint density at radius 1 is 1.38 bits per heavy atom. The van der Waals surface area contributed by atoms with E-state index in [0.717, 1.165) is 12.3 Å². The Morgan fingerprint density at radius 2 is 2.14 bits per heavy atom. The lowest BCUT2D eigenvalue weighted by molar-refractivity contribution is 0.108. The highest BCUT2D eigenvalue weighted by molar-refractivity contribution is 5.39. The van der Waals surface area contributed by atoms with E-state index >= 15 is 0 Å². The molecule has 0 amide bonds. The van der Waals surface area contributed by atoms with Crippen LogP contribution in [0.15, 0.2) is 18.2 Å². The van der Waals surface area contributed by atoms with Gasteiger partial charge in [0.25, 0.3) is 0 Å². The van der Waals surface area contributed by atoms with Crippen LogP contribution in [0, 0.1) is 12.3 Å². The monoisotopic (exact) mass is 290 g/mol. The van der Waals surface area contributed by atoms with E-state index in [1.165, 1.54) is 37.1 Å². The first kappa shape index (κ1) is 16.3. The number of piperidine rings is 1. The van der Waals surface area contributed by atoms with Crippen LogP contribution in [0.5, 0.6) is 5.75 Å². The predicted octanol–water partition coefficient (Wildman–Crippen LogP) is 3.39. The summed E-state index contributed by atoms with van der Waals surface area (Å²) in [5.74, 6) is 0.983. The van der Waals surface area contributed by atoms with E-state index in [2.05, 4.69) is 49.2 Å². The van der Waals surface area contributed by atoms with E-state index in [1.807, 2.05) is 7.05 Å². The van der Waals surface area contributed by atoms with Crippen LogP contribution in [0.25, 0.3) is 0 Å². The second-order valence-corrected chi connectivity index (χ2v) is 7.09. The molecule has 118 valence electrons. The zero-order valence-corrected chi connectivity index (χ0v) is 14.2. The standard InChI is InChI=1S/C18H30N2O/c1-14-7-8-17(21-5)15(11-14)16(19-4)12-20-10-6-9-18(2,3)13-20/h7-8,11,16,19H,6,9-10,12-13H2,1-5H3. The first-order chi connectivity index (χ1) is 9.95. The number of rotatable bonds is 5. The van der Waals surface area contributed by atoms with Crippen LogP contribution in [0.3, 0.4) is 0 Å². The van der Waals surface area contributed by atoms with Crippen molar-refractivity contribution in [3.63, 3.8) is 0 Å². The number of hydrogen-bond donors (Lipinski definition) is 1. The van der Waals surface area contributed by atoms with Crippen molar-refractivity contribution in [1.29, 1.82) is 0 Å². The van der Waals surface area contributed by atoms with Crippen LogP contribution in [-0.4, -0.2) is 38.7 Å². The number of aryl methyl sites for hydroxylation is 1. The van der Waals surface area contributed by atoms with Crippen LogP contribution >= 0.6 is 0 Å². The number of likely N-dealkylation sites (N-methyl/N-ethyl adjacent to an activating group) is 1. The Bertz CT molecular complexity index is 470. The fourth-order valence-electron chi connectivity index (χ4n) is 3.43. The van der Waals surface area contributed by atoms with Crippen molar-refractivity contribution in [1.82, 2.24) is 10.2 Å². The highest BCUT2D eigenvalue weighted by Gasteiger charge is 2.28. The van der Waals surface area contributed by atoms with Gasteiger partial charge in [-0.3, -0.25) is 0 Å². The topological polar surface area (TPSA) is 24.5 Å². The van der Waals surface area contributed by atoms with Gasteiger partial charge >= 0.3 is 0 Å². The summed E-state index contributed by atoms with van der Waals surface area (Å²) in [6, 6.07) is 6.75. The normalized spacial score (nSPS) is 20.2. The molecule has 1 N–H and O–H groups in total. The number of ether oxygens (including phenoxy) is 1. The summed E-state index contributed by atoms with van der Waals surface area (Å²) in [5, 5.41) is 3.47. The molecule has 1 aromatic rings. The molecule has 1 saturated heterocycles. The molecule has 21 heavy (non-hydrogen) atoms. The molecule has 1 aromatic carbocycles. The fourth-order valence-corrected chi connectivity index (χ4v) is 3.43. The summed E-state index contributed by atoms with van der Waals surface area (Å²) in [5.41, 5.74) is 2.99. The molecule has 1 heterocycles. The lowest BCUT2D eigenvalue weighted by Crippen LogP contribution is -2.43. The molecule has 0 aromatic heterocycles. The number of hydrogen-bond acceptors (Lipinski definition) is 3. The van der Waals surface area contributed by atoms with Crippen molar-refractivity contribution >= 4 is 0 Å². The Balaban J connectivity index is 2.14. The van der Waals surface area contributed by atoms with Crippen LogP contribution in [0.1, 0.15) is 43.9 Å². The number of likely N-dealkylation sites (tertiary alicyclic amines) is 1. The lowest BCUT2D eigenvalue weighted by atomic mass is 9.84. The molecule has 3 nitrogen and oxygen atoms in total. The summed E-state index contributed by atoms with van der Waals surface area (Å²) < 4.78 is 5.55. The third kappa shape index (κ3) is 4.21. The largest absolute Gasteiger partial charge is 0.496 e. The molecule has 1 aliphatic rings. The summed E-state index contributed by atoms with van der Waals surface area (Å²) in [7, 11) is 3.80. The minimum Gasteiger partial charge on any atom is -0.496 e. The number of methoxy groups -OCH3 is 1. The predicted molar refractivity (Wildman–Crippen MR) is 89.0 cm³/mol. The minimum atomic E-state index is 0.314. The molecule has 0 aliphatic carbocycles. The maximum atomic E-state index is 5.55. The molecule has 1 unspecified atom stereocenters. The zero-order valence-electron chi connectivity index (χ0n) is 14.2. The molecular formula is C18H30N2O. The molecule has 3 heteroatoms. The third-order valence-corrected chi connectivity index (χ3v) is 4.53. The highest BCUT2D eigenvalue weighted by atomic mass is 16.5. The summed E-state index contributed by atoms with van der Waals surface area (Å²) in [6.07, 6.45) is 2.63. The van der Waals surface area contributed by atoms with Gasteiger partial charge in [-0.1, -0.05) is 31.5 Å². The van der Waals surface area contributed by atoms with Gasteiger partial charge in [0, 0.05) is 24.7 Å². The molecular weight excluding hydrogens is 260 g/mol. The van der Waals surface area contributed by atoms with Gasteiger partial charge in [0.1, 0.15) is 5.75 Å². The molecule has 2 rings (SSSR count). The van der Waals surface area contributed by atoms with E-state index in [1.54, 1.807) is 7.11 Å². The van der Waals surface area contributed by atoms with Crippen LogP contribution in [0.4, 0.5) is 0 Å². The highest BCUT2D eigenvalue weighted by Crippen LogP contribution is 2.31. The van der Waals surface area contributed by atoms with Crippen molar-refractivity contribution in [2.45, 2.75) is 39.7 Å². The van der Waals surface area contributed by atoms with E-state index < -0.39 is 0 Å². The van der Waals surface area contributed by atoms with E-state index in [0.29, 0.717) is 11.5 Å². The second kappa shape index (κ2) is 6.80. The lowest BCUT2D eigenvalue weighted by Gasteiger charge is -2.39. The number of nitrogens with zero attached hydrogens (tertiary/aromatic N) is 1. The minimum absolute atomic E-state index is 0.314. The maximum Gasteiger partial charge on any atom is 0.123 e. The average molecular weight is 290 g/mol. The van der Waals surface area contributed by atoms with E-state index in [9.17, 15) is 0 Å². The quantitative estimate of drug-likeness (QED) is 0.899. The third-order valence-electron chi connectivity index (χ3n) is 4.53. The van der Waals surface area contributed by atoms with Crippen molar-refractivity contribution < 1.29 is 4.74 Å². The summed E-state index contributed by atoms with van der Waals surface area (Å²) in [6.45, 7) is 10.3. The van der Waals surface area contributed by atoms with Gasteiger partial charge in [-0.2, -0.15) is 0 Å². The fraction of sp³-hybridized carbons (Fsp3) is 0.667. The van der Waals surface area contributed by atoms with Gasteiger partial charge in [0.2, 0.25) is 0 Å².